The fourth-order valence-corrected chi connectivity index (χ4v) is 13.8. The van der Waals surface area contributed by atoms with Crippen LogP contribution in [-0.2, 0) is 39.1 Å². The highest BCUT2D eigenvalue weighted by Gasteiger charge is 2.70. The van der Waals surface area contributed by atoms with Crippen LogP contribution in [0.15, 0.2) is 52.3 Å². The summed E-state index contributed by atoms with van der Waals surface area (Å²) < 4.78 is 10.1. The predicted octanol–water partition coefficient (Wildman–Crippen LogP) is 9.17. The number of ether oxygens (including phenoxy) is 1. The number of hydrogen-bond donors (Lipinski definition) is 1. The third kappa shape index (κ3) is 6.04. The Bertz CT molecular complexity index is 1970. The van der Waals surface area contributed by atoms with E-state index in [0.29, 0.717) is 42.9 Å². The first-order chi connectivity index (χ1) is 25.6. The molecule has 4 saturated carbocycles. The first-order valence-electron chi connectivity index (χ1n) is 21.1. The molecular weight excluding hydrogens is 689 g/mol. The van der Waals surface area contributed by atoms with Gasteiger partial charge in [-0.3, -0.25) is 23.9 Å². The van der Waals surface area contributed by atoms with Crippen LogP contribution in [0.1, 0.15) is 138 Å². The van der Waals surface area contributed by atoms with Crippen LogP contribution >= 0.6 is 0 Å². The van der Waals surface area contributed by atoms with Crippen molar-refractivity contribution >= 4 is 17.7 Å². The number of fused-ring (bicyclic) bond motifs is 7. The SMILES string of the molecule is CC(C)C1=C2[C@H]3CC[C@@H]4[C@@]5(C)CC[C@H](OC(=O)CC(C)(C)C(=O)O)C(C)(C)[C@@H]5CC[C@@]4(C)[C@]3(C)CC[C@@]2(Cc2cc(=O)n(Cc3ccccc3)n2C)CC1=O. The van der Waals surface area contributed by atoms with Gasteiger partial charge >= 0.3 is 11.9 Å². The van der Waals surface area contributed by atoms with Crippen LogP contribution in [0.3, 0.4) is 0 Å². The van der Waals surface area contributed by atoms with E-state index in [4.69, 9.17) is 4.74 Å². The summed E-state index contributed by atoms with van der Waals surface area (Å²) >= 11 is 0. The highest BCUT2D eigenvalue weighted by molar-refractivity contribution is 6.00. The summed E-state index contributed by atoms with van der Waals surface area (Å²) in [6, 6.07) is 12.0. The lowest BCUT2D eigenvalue weighted by Crippen LogP contribution is -2.65. The second-order valence-electron chi connectivity index (χ2n) is 20.9. The van der Waals surface area contributed by atoms with Crippen LogP contribution in [0.25, 0.3) is 0 Å². The number of carboxylic acids is 1. The average Bonchev–Trinajstić information content (AvgIpc) is 3.53. The molecule has 5 aliphatic rings. The summed E-state index contributed by atoms with van der Waals surface area (Å²) in [5, 5.41) is 9.64. The maximum atomic E-state index is 14.2. The zero-order chi connectivity index (χ0) is 40.1. The fourth-order valence-electron chi connectivity index (χ4n) is 13.8. The number of aromatic nitrogens is 2. The van der Waals surface area contributed by atoms with Crippen molar-refractivity contribution < 1.29 is 24.2 Å². The number of aliphatic carboxylic acids is 1. The van der Waals surface area contributed by atoms with Gasteiger partial charge in [-0.15, -0.1) is 0 Å². The van der Waals surface area contributed by atoms with Gasteiger partial charge in [0.2, 0.25) is 0 Å². The number of Topliss-reactive ketones (excluding diaryl/α,β-unsaturated/α-hetero) is 1. The maximum absolute atomic E-state index is 14.2. The average molecular weight is 755 g/mol. The summed E-state index contributed by atoms with van der Waals surface area (Å²) in [6.07, 6.45) is 9.01. The van der Waals surface area contributed by atoms with Gasteiger partial charge in [0.05, 0.1) is 18.4 Å². The summed E-state index contributed by atoms with van der Waals surface area (Å²) in [7, 11) is 2.01. The lowest BCUT2D eigenvalue weighted by molar-refractivity contribution is -0.233. The molecule has 1 N–H and O–H groups in total. The van der Waals surface area contributed by atoms with E-state index >= 15 is 0 Å². The molecule has 1 heterocycles. The Labute approximate surface area is 328 Å². The van der Waals surface area contributed by atoms with Gasteiger partial charge in [0.1, 0.15) is 6.10 Å². The maximum Gasteiger partial charge on any atom is 0.309 e. The third-order valence-electron chi connectivity index (χ3n) is 17.0. The molecule has 2 aromatic rings. The molecule has 0 aliphatic heterocycles. The smallest absolute Gasteiger partial charge is 0.309 e. The molecule has 0 radical (unpaired) electrons. The minimum Gasteiger partial charge on any atom is -0.481 e. The van der Waals surface area contributed by atoms with Crippen LogP contribution in [0, 0.1) is 56.2 Å². The number of ketones is 1. The van der Waals surface area contributed by atoms with Crippen molar-refractivity contribution in [1.29, 1.82) is 0 Å². The second-order valence-corrected chi connectivity index (χ2v) is 20.9. The van der Waals surface area contributed by atoms with E-state index in [0.717, 1.165) is 68.2 Å². The molecule has 1 aromatic heterocycles. The Kier molecular flexibility index (Phi) is 9.65. The van der Waals surface area contributed by atoms with Gasteiger partial charge < -0.3 is 9.84 Å². The minimum absolute atomic E-state index is 0.00636. The molecule has 0 saturated heterocycles. The number of carbonyl (C=O) groups excluding carboxylic acids is 2. The van der Waals surface area contributed by atoms with Crippen molar-refractivity contribution in [3.05, 3.63) is 69.2 Å². The molecule has 0 amide bonds. The number of benzene rings is 1. The molecule has 5 aliphatic carbocycles. The standard InChI is InChI=1S/C47H66N2O6/c1-29(2)39-33(50)26-47(25-31-24-37(51)49(48(31)10)28-30-14-12-11-13-15-30)23-22-45(8)32(40(39)47)16-17-35-44(7)20-19-36(55-38(52)27-42(3,4)41(53)54)43(5,6)34(44)18-21-46(35,45)9/h11-15,24,29,32,34-36H,16-23,25-28H2,1-10H3,(H,53,54)/t32-,34+,35-,36+,44+,45-,46-,47-/m1/s1. The van der Waals surface area contributed by atoms with Crippen LogP contribution in [0.2, 0.25) is 0 Å². The number of esters is 1. The predicted molar refractivity (Wildman–Crippen MR) is 214 cm³/mol. The van der Waals surface area contributed by atoms with Gasteiger partial charge in [-0.2, -0.15) is 0 Å². The van der Waals surface area contributed by atoms with E-state index < -0.39 is 17.4 Å². The van der Waals surface area contributed by atoms with Crippen molar-refractivity contribution in [3.63, 3.8) is 0 Å². The fraction of sp³-hybridized carbons (Fsp3) is 0.702. The molecule has 300 valence electrons. The molecule has 0 spiro atoms. The lowest BCUT2D eigenvalue weighted by Gasteiger charge is -2.72. The zero-order valence-corrected chi connectivity index (χ0v) is 35.2. The topological polar surface area (TPSA) is 108 Å². The van der Waals surface area contributed by atoms with Crippen LogP contribution < -0.4 is 5.56 Å². The number of carbonyl (C=O) groups is 3. The normalized spacial score (nSPS) is 35.5. The van der Waals surface area contributed by atoms with Crippen molar-refractivity contribution in [2.24, 2.45) is 63.2 Å². The van der Waals surface area contributed by atoms with Crippen molar-refractivity contribution in [2.45, 2.75) is 146 Å². The monoisotopic (exact) mass is 754 g/mol. The second kappa shape index (κ2) is 13.3. The van der Waals surface area contributed by atoms with Gasteiger partial charge in [0.25, 0.3) is 5.56 Å². The summed E-state index contributed by atoms with van der Waals surface area (Å²) in [4.78, 5) is 52.6. The quantitative estimate of drug-likeness (QED) is 0.256. The van der Waals surface area contributed by atoms with Gasteiger partial charge in [-0.05, 0) is 123 Å². The number of hydrogen-bond acceptors (Lipinski definition) is 5. The molecular formula is C47H66N2O6. The first-order valence-corrected chi connectivity index (χ1v) is 21.1. The number of nitrogens with zero attached hydrogens (tertiary/aromatic N) is 2. The lowest BCUT2D eigenvalue weighted by atomic mass is 9.33. The van der Waals surface area contributed by atoms with Gasteiger partial charge in [0, 0.05) is 36.1 Å². The largest absolute Gasteiger partial charge is 0.481 e. The van der Waals surface area contributed by atoms with E-state index in [9.17, 15) is 24.3 Å². The molecule has 4 fully saturated rings. The number of carboxylic acid groups (broad SMARTS) is 1. The Morgan fingerprint density at radius 2 is 1.60 bits per heavy atom. The molecule has 7 rings (SSSR count). The minimum atomic E-state index is -1.17. The molecule has 0 bridgehead atoms. The summed E-state index contributed by atoms with van der Waals surface area (Å²) in [5.74, 6) is 0.253. The van der Waals surface area contributed by atoms with Crippen LogP contribution in [0.4, 0.5) is 0 Å². The van der Waals surface area contributed by atoms with Crippen molar-refractivity contribution in [2.75, 3.05) is 0 Å². The zero-order valence-electron chi connectivity index (χ0n) is 35.2. The van der Waals surface area contributed by atoms with E-state index in [-0.39, 0.29) is 51.1 Å². The highest BCUT2D eigenvalue weighted by Crippen LogP contribution is 2.77. The number of allylic oxidation sites excluding steroid dienone is 2. The number of rotatable bonds is 9. The first kappa shape index (κ1) is 39.8. The molecule has 8 heteroatoms. The van der Waals surface area contributed by atoms with Gasteiger partial charge in [-0.25, -0.2) is 4.68 Å². The molecule has 8 nitrogen and oxygen atoms in total. The Morgan fingerprint density at radius 1 is 0.909 bits per heavy atom. The van der Waals surface area contributed by atoms with E-state index in [1.54, 1.807) is 13.8 Å². The van der Waals surface area contributed by atoms with Gasteiger partial charge in [-0.1, -0.05) is 84.4 Å². The van der Waals surface area contributed by atoms with Crippen molar-refractivity contribution in [3.8, 4) is 0 Å². The molecule has 8 atom stereocenters. The Balaban J connectivity index is 1.18. The summed E-state index contributed by atoms with van der Waals surface area (Å²) in [6.45, 7) is 20.3. The highest BCUT2D eigenvalue weighted by atomic mass is 16.5. The van der Waals surface area contributed by atoms with E-state index in [2.05, 4.69) is 65.3 Å². The van der Waals surface area contributed by atoms with Gasteiger partial charge in [0.15, 0.2) is 5.78 Å². The third-order valence-corrected chi connectivity index (χ3v) is 17.0. The Morgan fingerprint density at radius 3 is 2.25 bits per heavy atom. The van der Waals surface area contributed by atoms with Crippen LogP contribution in [0.5, 0.6) is 0 Å². The van der Waals surface area contributed by atoms with Crippen molar-refractivity contribution in [1.82, 2.24) is 9.36 Å². The summed E-state index contributed by atoms with van der Waals surface area (Å²) in [5.41, 5.74) is 3.10. The van der Waals surface area contributed by atoms with E-state index in [1.165, 1.54) is 5.57 Å². The molecule has 1 aromatic carbocycles. The molecule has 55 heavy (non-hydrogen) atoms. The Hall–Kier alpha value is -3.42. The van der Waals surface area contributed by atoms with E-state index in [1.807, 2.05) is 36.0 Å². The molecule has 0 unspecified atom stereocenters. The van der Waals surface area contributed by atoms with Crippen LogP contribution in [-0.4, -0.2) is 38.3 Å².